The Kier molecular flexibility index (Phi) is 6.68. The van der Waals surface area contributed by atoms with E-state index in [9.17, 15) is 14.9 Å². The molecule has 0 fully saturated rings. The first-order chi connectivity index (χ1) is 13.6. The monoisotopic (exact) mass is 414 g/mol. The van der Waals surface area contributed by atoms with Gasteiger partial charge in [-0.15, -0.1) is 11.3 Å². The topological polar surface area (TPSA) is 104 Å². The molecule has 1 atom stereocenters. The van der Waals surface area contributed by atoms with Gasteiger partial charge >= 0.3 is 0 Å². The SMILES string of the molecule is CCOc1ccccc1[C@@H]1CC(=O)NC(SCC(=O)Nc2nccs2)=C1C#N. The van der Waals surface area contributed by atoms with Gasteiger partial charge in [0.2, 0.25) is 11.8 Å². The molecule has 3 rings (SSSR count). The average Bonchev–Trinajstić information content (AvgIpc) is 3.19. The van der Waals surface area contributed by atoms with Crippen molar-refractivity contribution >= 4 is 40.0 Å². The Labute approximate surface area is 170 Å². The van der Waals surface area contributed by atoms with Gasteiger partial charge in [-0.2, -0.15) is 5.26 Å². The summed E-state index contributed by atoms with van der Waals surface area (Å²) < 4.78 is 5.67. The van der Waals surface area contributed by atoms with Crippen LogP contribution in [0.2, 0.25) is 0 Å². The third kappa shape index (κ3) is 4.71. The Morgan fingerprint density at radius 2 is 2.32 bits per heavy atom. The molecule has 0 saturated heterocycles. The summed E-state index contributed by atoms with van der Waals surface area (Å²) in [4.78, 5) is 28.4. The molecule has 2 aromatic rings. The van der Waals surface area contributed by atoms with Gasteiger partial charge in [-0.25, -0.2) is 4.98 Å². The fourth-order valence-corrected chi connectivity index (χ4v) is 4.25. The molecule has 1 aliphatic rings. The molecule has 28 heavy (non-hydrogen) atoms. The minimum Gasteiger partial charge on any atom is -0.494 e. The number of anilines is 1. The molecule has 0 saturated carbocycles. The van der Waals surface area contributed by atoms with E-state index in [4.69, 9.17) is 4.74 Å². The van der Waals surface area contributed by atoms with Gasteiger partial charge in [0.05, 0.1) is 29.0 Å². The number of aromatic nitrogens is 1. The lowest BCUT2D eigenvalue weighted by molar-refractivity contribution is -0.121. The van der Waals surface area contributed by atoms with Crippen molar-refractivity contribution in [1.82, 2.24) is 10.3 Å². The third-order valence-corrected chi connectivity index (χ3v) is 5.68. The number of benzene rings is 1. The highest BCUT2D eigenvalue weighted by Crippen LogP contribution is 2.39. The maximum absolute atomic E-state index is 12.3. The average molecular weight is 415 g/mol. The summed E-state index contributed by atoms with van der Waals surface area (Å²) in [5.74, 6) is -0.150. The number of hydrogen-bond donors (Lipinski definition) is 2. The van der Waals surface area contributed by atoms with Crippen molar-refractivity contribution in [2.45, 2.75) is 19.3 Å². The third-order valence-electron chi connectivity index (χ3n) is 3.98. The lowest BCUT2D eigenvalue weighted by atomic mass is 9.86. The summed E-state index contributed by atoms with van der Waals surface area (Å²) in [5, 5.41) is 17.8. The molecule has 2 N–H and O–H groups in total. The Bertz CT molecular complexity index is 935. The smallest absolute Gasteiger partial charge is 0.236 e. The minimum atomic E-state index is -0.411. The van der Waals surface area contributed by atoms with Crippen molar-refractivity contribution in [3.63, 3.8) is 0 Å². The number of hydrogen-bond acceptors (Lipinski definition) is 7. The molecule has 1 aliphatic heterocycles. The highest BCUT2D eigenvalue weighted by molar-refractivity contribution is 8.03. The van der Waals surface area contributed by atoms with E-state index in [2.05, 4.69) is 21.7 Å². The van der Waals surface area contributed by atoms with Crippen LogP contribution in [0.3, 0.4) is 0 Å². The fraction of sp³-hybridized carbons (Fsp3) is 0.263. The van der Waals surface area contributed by atoms with Gasteiger partial charge < -0.3 is 15.4 Å². The number of nitriles is 1. The first kappa shape index (κ1) is 19.9. The second-order valence-corrected chi connectivity index (χ2v) is 7.68. The molecule has 0 unspecified atom stereocenters. The van der Waals surface area contributed by atoms with Crippen LogP contribution in [0.1, 0.15) is 24.8 Å². The molecule has 1 aromatic heterocycles. The second-order valence-electron chi connectivity index (χ2n) is 5.80. The number of thioether (sulfide) groups is 1. The number of allylic oxidation sites excluding steroid dienone is 1. The lowest BCUT2D eigenvalue weighted by Crippen LogP contribution is -2.31. The predicted molar refractivity (Wildman–Crippen MR) is 109 cm³/mol. The van der Waals surface area contributed by atoms with Crippen molar-refractivity contribution in [2.24, 2.45) is 0 Å². The van der Waals surface area contributed by atoms with Crippen LogP contribution in [0.25, 0.3) is 0 Å². The molecular formula is C19H18N4O3S2. The van der Waals surface area contributed by atoms with Crippen LogP contribution in [0, 0.1) is 11.3 Å². The summed E-state index contributed by atoms with van der Waals surface area (Å²) in [6.07, 6.45) is 1.76. The molecule has 2 amide bonds. The van der Waals surface area contributed by atoms with Gasteiger partial charge in [0, 0.05) is 29.5 Å². The quantitative estimate of drug-likeness (QED) is 0.721. The predicted octanol–water partition coefficient (Wildman–Crippen LogP) is 3.25. The van der Waals surface area contributed by atoms with E-state index < -0.39 is 5.92 Å². The zero-order valence-corrected chi connectivity index (χ0v) is 16.7. The molecular weight excluding hydrogens is 396 g/mol. The fourth-order valence-electron chi connectivity index (χ4n) is 2.83. The summed E-state index contributed by atoms with van der Waals surface area (Å²) in [6.45, 7) is 2.37. The highest BCUT2D eigenvalue weighted by atomic mass is 32.2. The first-order valence-corrected chi connectivity index (χ1v) is 10.5. The highest BCUT2D eigenvalue weighted by Gasteiger charge is 2.31. The van der Waals surface area contributed by atoms with Gasteiger partial charge in [-0.05, 0) is 13.0 Å². The van der Waals surface area contributed by atoms with Crippen LogP contribution in [0.5, 0.6) is 5.75 Å². The normalized spacial score (nSPS) is 16.3. The van der Waals surface area contributed by atoms with E-state index >= 15 is 0 Å². The number of nitrogens with one attached hydrogen (secondary N) is 2. The maximum atomic E-state index is 12.3. The largest absolute Gasteiger partial charge is 0.494 e. The van der Waals surface area contributed by atoms with Crippen molar-refractivity contribution in [3.8, 4) is 11.8 Å². The number of thiazole rings is 1. The molecule has 0 aliphatic carbocycles. The van der Waals surface area contributed by atoms with E-state index in [1.807, 2.05) is 31.2 Å². The molecule has 2 heterocycles. The van der Waals surface area contributed by atoms with Gasteiger partial charge in [-0.1, -0.05) is 30.0 Å². The maximum Gasteiger partial charge on any atom is 0.236 e. The standard InChI is InChI=1S/C19H18N4O3S2/c1-2-26-15-6-4-3-5-12(15)13-9-16(24)22-18(14(13)10-20)28-11-17(25)23-19-21-7-8-27-19/h3-8,13H,2,9,11H2,1H3,(H,22,24)(H,21,23,25)/t13-/m0/s1. The number of ether oxygens (including phenoxy) is 1. The molecule has 7 nitrogen and oxygen atoms in total. The van der Waals surface area contributed by atoms with Crippen molar-refractivity contribution in [2.75, 3.05) is 17.7 Å². The Morgan fingerprint density at radius 1 is 1.50 bits per heavy atom. The molecule has 0 spiro atoms. The zero-order chi connectivity index (χ0) is 19.9. The number of carbonyl (C=O) groups is 2. The zero-order valence-electron chi connectivity index (χ0n) is 15.1. The molecule has 0 radical (unpaired) electrons. The number of carbonyl (C=O) groups excluding carboxylic acids is 2. The molecule has 1 aromatic carbocycles. The summed E-state index contributed by atoms with van der Waals surface area (Å²) in [7, 11) is 0. The van der Waals surface area contributed by atoms with Crippen LogP contribution < -0.4 is 15.4 Å². The van der Waals surface area contributed by atoms with E-state index in [1.165, 1.54) is 11.3 Å². The van der Waals surface area contributed by atoms with Gasteiger partial charge in [0.25, 0.3) is 0 Å². The van der Waals surface area contributed by atoms with Crippen LogP contribution in [-0.4, -0.2) is 29.2 Å². The Morgan fingerprint density at radius 3 is 3.04 bits per heavy atom. The molecule has 144 valence electrons. The van der Waals surface area contributed by atoms with Crippen LogP contribution in [-0.2, 0) is 9.59 Å². The second kappa shape index (κ2) is 9.39. The van der Waals surface area contributed by atoms with Crippen LogP contribution in [0.4, 0.5) is 5.13 Å². The summed E-state index contributed by atoms with van der Waals surface area (Å²) in [5.41, 5.74) is 1.22. The van der Waals surface area contributed by atoms with E-state index in [0.29, 0.717) is 28.1 Å². The Balaban J connectivity index is 1.81. The van der Waals surface area contributed by atoms with E-state index in [-0.39, 0.29) is 24.0 Å². The van der Waals surface area contributed by atoms with Crippen molar-refractivity contribution in [1.29, 1.82) is 5.26 Å². The van der Waals surface area contributed by atoms with Crippen LogP contribution >= 0.6 is 23.1 Å². The van der Waals surface area contributed by atoms with Crippen LogP contribution in [0.15, 0.2) is 46.4 Å². The van der Waals surface area contributed by atoms with Gasteiger partial charge in [0.1, 0.15) is 5.75 Å². The van der Waals surface area contributed by atoms with Crippen molar-refractivity contribution in [3.05, 3.63) is 52.0 Å². The summed E-state index contributed by atoms with van der Waals surface area (Å²) >= 11 is 2.45. The number of amides is 2. The minimum absolute atomic E-state index is 0.0558. The van der Waals surface area contributed by atoms with Gasteiger partial charge in [0.15, 0.2) is 5.13 Å². The summed E-state index contributed by atoms with van der Waals surface area (Å²) in [6, 6.07) is 9.61. The number of rotatable bonds is 7. The van der Waals surface area contributed by atoms with E-state index in [0.717, 1.165) is 17.3 Å². The number of para-hydroxylation sites is 1. The van der Waals surface area contributed by atoms with Gasteiger partial charge in [-0.3, -0.25) is 9.59 Å². The first-order valence-electron chi connectivity index (χ1n) is 8.60. The van der Waals surface area contributed by atoms with E-state index in [1.54, 1.807) is 11.6 Å². The lowest BCUT2D eigenvalue weighted by Gasteiger charge is -2.26. The Hall–Kier alpha value is -2.83. The molecule has 0 bridgehead atoms. The molecule has 9 heteroatoms. The van der Waals surface area contributed by atoms with Crippen molar-refractivity contribution < 1.29 is 14.3 Å². The number of nitrogens with zero attached hydrogens (tertiary/aromatic N) is 2.